The second-order valence-electron chi connectivity index (χ2n) is 5.07. The molecule has 1 heterocycles. The predicted molar refractivity (Wildman–Crippen MR) is 78.8 cm³/mol. The highest BCUT2D eigenvalue weighted by Crippen LogP contribution is 2.48. The summed E-state index contributed by atoms with van der Waals surface area (Å²) in [5, 5.41) is 0. The van der Waals surface area contributed by atoms with Crippen molar-refractivity contribution < 1.29 is 0 Å². The van der Waals surface area contributed by atoms with Crippen molar-refractivity contribution in [3.05, 3.63) is 34.3 Å². The van der Waals surface area contributed by atoms with E-state index in [0.717, 1.165) is 11.8 Å². The van der Waals surface area contributed by atoms with Crippen LogP contribution in [0.5, 0.6) is 0 Å². The molecule has 1 saturated carbocycles. The van der Waals surface area contributed by atoms with Crippen molar-refractivity contribution in [3.63, 3.8) is 0 Å². The number of hydrogen-bond donors (Lipinski definition) is 0. The van der Waals surface area contributed by atoms with Crippen LogP contribution in [0.4, 0.5) is 0 Å². The molecule has 3 rings (SSSR count). The molecule has 1 aromatic carbocycles. The van der Waals surface area contributed by atoms with Crippen molar-refractivity contribution >= 4 is 27.7 Å². The van der Waals surface area contributed by atoms with E-state index in [1.165, 1.54) is 47.6 Å². The molecule has 0 bridgehead atoms. The van der Waals surface area contributed by atoms with Crippen molar-refractivity contribution in [1.29, 1.82) is 0 Å². The van der Waals surface area contributed by atoms with Gasteiger partial charge in [0.25, 0.3) is 0 Å². The third-order valence-electron chi connectivity index (χ3n) is 3.82. The van der Waals surface area contributed by atoms with Gasteiger partial charge >= 0.3 is 0 Å². The fraction of sp³-hybridized carbons (Fsp3) is 0.571. The molecule has 0 spiro atoms. The highest BCUT2D eigenvalue weighted by atomic mass is 79.9. The maximum absolute atomic E-state index is 3.50. The Bertz CT molecular complexity index is 372. The Morgan fingerprint density at radius 1 is 1.18 bits per heavy atom. The summed E-state index contributed by atoms with van der Waals surface area (Å²) in [4.78, 5) is 2.65. The van der Waals surface area contributed by atoms with Crippen LogP contribution in [0.3, 0.4) is 0 Å². The van der Waals surface area contributed by atoms with Gasteiger partial charge in [0.15, 0.2) is 0 Å². The minimum Gasteiger partial charge on any atom is -0.301 e. The maximum Gasteiger partial charge on any atom is 0.0175 e. The first-order valence-corrected chi connectivity index (χ1v) is 8.33. The van der Waals surface area contributed by atoms with Gasteiger partial charge in [-0.1, -0.05) is 28.1 Å². The number of benzene rings is 1. The highest BCUT2D eigenvalue weighted by molar-refractivity contribution is 9.10. The Morgan fingerprint density at radius 3 is 2.59 bits per heavy atom. The third-order valence-corrected chi connectivity index (χ3v) is 5.29. The van der Waals surface area contributed by atoms with Gasteiger partial charge in [-0.15, -0.1) is 0 Å². The van der Waals surface area contributed by atoms with E-state index in [1.807, 2.05) is 0 Å². The second kappa shape index (κ2) is 5.33. The standard InChI is InChI=1S/C14H18BrNS/c15-13-3-1-11(2-4-13)14-9-12(14)10-16-5-7-17-8-6-16/h1-4,12,14H,5-10H2/t12-,14+/m1/s1. The van der Waals surface area contributed by atoms with Crippen LogP contribution in [-0.4, -0.2) is 36.0 Å². The number of nitrogens with zero attached hydrogens (tertiary/aromatic N) is 1. The van der Waals surface area contributed by atoms with E-state index in [0.29, 0.717) is 0 Å². The zero-order valence-corrected chi connectivity index (χ0v) is 12.3. The topological polar surface area (TPSA) is 3.24 Å². The minimum absolute atomic E-state index is 0.831. The van der Waals surface area contributed by atoms with Crippen molar-refractivity contribution in [2.45, 2.75) is 12.3 Å². The Labute approximate surface area is 116 Å². The molecule has 1 aliphatic carbocycles. The van der Waals surface area contributed by atoms with Gasteiger partial charge in [0.1, 0.15) is 0 Å². The molecule has 0 aromatic heterocycles. The van der Waals surface area contributed by atoms with Crippen LogP contribution in [0.2, 0.25) is 0 Å². The molecule has 1 aromatic rings. The van der Waals surface area contributed by atoms with E-state index < -0.39 is 0 Å². The lowest BCUT2D eigenvalue weighted by atomic mass is 10.1. The van der Waals surface area contributed by atoms with Crippen LogP contribution in [0.25, 0.3) is 0 Å². The highest BCUT2D eigenvalue weighted by Gasteiger charge is 2.39. The van der Waals surface area contributed by atoms with Gasteiger partial charge in [-0.2, -0.15) is 11.8 Å². The molecular formula is C14H18BrNS. The van der Waals surface area contributed by atoms with Crippen molar-refractivity contribution in [3.8, 4) is 0 Å². The van der Waals surface area contributed by atoms with Gasteiger partial charge in [-0.25, -0.2) is 0 Å². The van der Waals surface area contributed by atoms with Gasteiger partial charge < -0.3 is 4.90 Å². The molecular weight excluding hydrogens is 294 g/mol. The van der Waals surface area contributed by atoms with E-state index in [4.69, 9.17) is 0 Å². The first-order chi connectivity index (χ1) is 8.33. The second-order valence-corrected chi connectivity index (χ2v) is 7.21. The summed E-state index contributed by atoms with van der Waals surface area (Å²) >= 11 is 5.60. The number of halogens is 1. The van der Waals surface area contributed by atoms with Crippen molar-refractivity contribution in [2.24, 2.45) is 5.92 Å². The smallest absolute Gasteiger partial charge is 0.0175 e. The molecule has 2 atom stereocenters. The SMILES string of the molecule is Brc1ccc([C@@H]2C[C@@H]2CN2CCSCC2)cc1. The zero-order chi connectivity index (χ0) is 11.7. The van der Waals surface area contributed by atoms with Crippen molar-refractivity contribution in [2.75, 3.05) is 31.1 Å². The maximum atomic E-state index is 3.50. The lowest BCUT2D eigenvalue weighted by molar-refractivity contribution is 0.288. The lowest BCUT2D eigenvalue weighted by Gasteiger charge is -2.26. The molecule has 0 unspecified atom stereocenters. The summed E-state index contributed by atoms with van der Waals surface area (Å²) in [6.45, 7) is 3.92. The number of thioether (sulfide) groups is 1. The average Bonchev–Trinajstić information content (AvgIpc) is 3.11. The average molecular weight is 312 g/mol. The van der Waals surface area contributed by atoms with Crippen molar-refractivity contribution in [1.82, 2.24) is 4.90 Å². The first-order valence-electron chi connectivity index (χ1n) is 6.38. The van der Waals surface area contributed by atoms with E-state index in [-0.39, 0.29) is 0 Å². The molecule has 1 aliphatic heterocycles. The summed E-state index contributed by atoms with van der Waals surface area (Å²) in [7, 11) is 0. The third kappa shape index (κ3) is 3.07. The molecule has 0 N–H and O–H groups in total. The van der Waals surface area contributed by atoms with E-state index in [9.17, 15) is 0 Å². The van der Waals surface area contributed by atoms with Crippen LogP contribution in [0.1, 0.15) is 17.9 Å². The van der Waals surface area contributed by atoms with E-state index >= 15 is 0 Å². The summed E-state index contributed by atoms with van der Waals surface area (Å²) in [6, 6.07) is 8.89. The molecule has 92 valence electrons. The van der Waals surface area contributed by atoms with Crippen LogP contribution < -0.4 is 0 Å². The Balaban J connectivity index is 1.53. The van der Waals surface area contributed by atoms with Gasteiger partial charge in [0.2, 0.25) is 0 Å². The minimum atomic E-state index is 0.831. The van der Waals surface area contributed by atoms with Crippen LogP contribution in [0.15, 0.2) is 28.7 Å². The van der Waals surface area contributed by atoms with Gasteiger partial charge in [-0.3, -0.25) is 0 Å². The molecule has 0 radical (unpaired) electrons. The zero-order valence-electron chi connectivity index (χ0n) is 9.94. The Hall–Kier alpha value is 0.01000. The van der Waals surface area contributed by atoms with Crippen LogP contribution >= 0.6 is 27.7 Å². The Morgan fingerprint density at radius 2 is 1.88 bits per heavy atom. The molecule has 2 fully saturated rings. The van der Waals surface area contributed by atoms with Gasteiger partial charge in [0.05, 0.1) is 0 Å². The lowest BCUT2D eigenvalue weighted by Crippen LogP contribution is -2.34. The van der Waals surface area contributed by atoms with Gasteiger partial charge in [0, 0.05) is 35.6 Å². The molecule has 3 heteroatoms. The van der Waals surface area contributed by atoms with Crippen LogP contribution in [-0.2, 0) is 0 Å². The predicted octanol–water partition coefficient (Wildman–Crippen LogP) is 3.60. The first kappa shape index (κ1) is 12.1. The Kier molecular flexibility index (Phi) is 3.78. The monoisotopic (exact) mass is 311 g/mol. The fourth-order valence-corrected chi connectivity index (χ4v) is 3.93. The molecule has 1 saturated heterocycles. The molecule has 0 amide bonds. The number of rotatable bonds is 3. The van der Waals surface area contributed by atoms with Crippen LogP contribution in [0, 0.1) is 5.92 Å². The number of hydrogen-bond acceptors (Lipinski definition) is 2. The molecule has 1 nitrogen and oxygen atoms in total. The van der Waals surface area contributed by atoms with E-state index in [2.05, 4.69) is 56.9 Å². The quantitative estimate of drug-likeness (QED) is 0.839. The summed E-state index contributed by atoms with van der Waals surface area (Å²) in [5.74, 6) is 4.41. The largest absolute Gasteiger partial charge is 0.301 e. The normalized spacial score (nSPS) is 29.2. The van der Waals surface area contributed by atoms with Gasteiger partial charge in [-0.05, 0) is 36.0 Å². The summed E-state index contributed by atoms with van der Waals surface area (Å²) < 4.78 is 1.19. The van der Waals surface area contributed by atoms with E-state index in [1.54, 1.807) is 0 Å². The summed E-state index contributed by atoms with van der Waals surface area (Å²) in [6.07, 6.45) is 1.39. The molecule has 17 heavy (non-hydrogen) atoms. The fourth-order valence-electron chi connectivity index (χ4n) is 2.68. The molecule has 2 aliphatic rings. The summed E-state index contributed by atoms with van der Waals surface area (Å²) in [5.41, 5.74) is 1.53.